The number of aliphatic imine (C=N–C) groups is 1. The van der Waals surface area contributed by atoms with Gasteiger partial charge in [0, 0.05) is 10.9 Å². The number of aromatic nitrogens is 2. The minimum Gasteiger partial charge on any atom is -0.264 e. The van der Waals surface area contributed by atoms with Gasteiger partial charge in [0.1, 0.15) is 27.3 Å². The van der Waals surface area contributed by atoms with E-state index in [0.717, 1.165) is 22.7 Å². The SMILES string of the molecule is Fc1ccccc1Cn1nc(C2=NC(C(F)F)C(Cl)S2)c2ccccc21. The van der Waals surface area contributed by atoms with Gasteiger partial charge < -0.3 is 0 Å². The highest BCUT2D eigenvalue weighted by atomic mass is 35.5. The Bertz CT molecular complexity index is 989. The highest BCUT2D eigenvalue weighted by molar-refractivity contribution is 8.16. The van der Waals surface area contributed by atoms with Crippen molar-refractivity contribution in [3.05, 3.63) is 65.6 Å². The molecule has 0 amide bonds. The first-order valence-corrected chi connectivity index (χ1v) is 9.22. The average Bonchev–Trinajstić information content (AvgIpc) is 3.18. The molecule has 0 saturated heterocycles. The van der Waals surface area contributed by atoms with Gasteiger partial charge in [-0.2, -0.15) is 5.10 Å². The topological polar surface area (TPSA) is 30.2 Å². The lowest BCUT2D eigenvalue weighted by molar-refractivity contribution is 0.123. The fourth-order valence-corrected chi connectivity index (χ4v) is 4.28. The molecule has 8 heteroatoms. The van der Waals surface area contributed by atoms with Crippen LogP contribution in [0.4, 0.5) is 13.2 Å². The van der Waals surface area contributed by atoms with Crippen molar-refractivity contribution < 1.29 is 13.2 Å². The zero-order chi connectivity index (χ0) is 18.3. The Hall–Kier alpha value is -1.99. The number of benzene rings is 2. The minimum absolute atomic E-state index is 0.230. The largest absolute Gasteiger partial charge is 0.264 e. The fourth-order valence-electron chi connectivity index (χ4n) is 2.88. The van der Waals surface area contributed by atoms with Crippen molar-refractivity contribution >= 4 is 39.3 Å². The van der Waals surface area contributed by atoms with Gasteiger partial charge in [-0.1, -0.05) is 48.2 Å². The molecule has 3 aromatic rings. The Morgan fingerprint density at radius 1 is 1.12 bits per heavy atom. The van der Waals surface area contributed by atoms with E-state index in [9.17, 15) is 13.2 Å². The number of nitrogens with zero attached hydrogens (tertiary/aromatic N) is 3. The highest BCUT2D eigenvalue weighted by Crippen LogP contribution is 2.37. The first kappa shape index (κ1) is 17.4. The van der Waals surface area contributed by atoms with E-state index in [1.807, 2.05) is 24.3 Å². The van der Waals surface area contributed by atoms with E-state index in [4.69, 9.17) is 11.6 Å². The summed E-state index contributed by atoms with van der Waals surface area (Å²) in [6.07, 6.45) is -2.63. The number of thioether (sulfide) groups is 1. The summed E-state index contributed by atoms with van der Waals surface area (Å²) in [5.41, 5.74) is 1.77. The highest BCUT2D eigenvalue weighted by Gasteiger charge is 2.37. The molecule has 1 aliphatic heterocycles. The number of halogens is 4. The van der Waals surface area contributed by atoms with Crippen LogP contribution in [0.5, 0.6) is 0 Å². The van der Waals surface area contributed by atoms with Crippen LogP contribution in [-0.2, 0) is 6.54 Å². The van der Waals surface area contributed by atoms with E-state index < -0.39 is 17.2 Å². The summed E-state index contributed by atoms with van der Waals surface area (Å²) in [6.45, 7) is 0.230. The second-order valence-electron chi connectivity index (χ2n) is 5.84. The van der Waals surface area contributed by atoms with E-state index in [-0.39, 0.29) is 12.4 Å². The van der Waals surface area contributed by atoms with Crippen molar-refractivity contribution in [2.45, 2.75) is 23.7 Å². The lowest BCUT2D eigenvalue weighted by atomic mass is 10.2. The number of hydrogen-bond acceptors (Lipinski definition) is 3. The Labute approximate surface area is 156 Å². The van der Waals surface area contributed by atoms with Gasteiger partial charge in [0.25, 0.3) is 6.43 Å². The van der Waals surface area contributed by atoms with Crippen LogP contribution in [0.25, 0.3) is 10.9 Å². The molecular weight excluding hydrogens is 383 g/mol. The van der Waals surface area contributed by atoms with Gasteiger partial charge in [-0.25, -0.2) is 13.2 Å². The van der Waals surface area contributed by atoms with Crippen LogP contribution >= 0.6 is 23.4 Å². The Balaban J connectivity index is 1.78. The summed E-state index contributed by atoms with van der Waals surface area (Å²) in [7, 11) is 0. The smallest absolute Gasteiger partial charge is 0.262 e. The Morgan fingerprint density at radius 3 is 2.58 bits per heavy atom. The molecule has 2 heterocycles. The number of fused-ring (bicyclic) bond motifs is 1. The summed E-state index contributed by atoms with van der Waals surface area (Å²) in [4.78, 5) is 4.07. The monoisotopic (exact) mass is 395 g/mol. The maximum absolute atomic E-state index is 14.0. The summed E-state index contributed by atoms with van der Waals surface area (Å²) in [5, 5.41) is 5.69. The third kappa shape index (κ3) is 3.10. The molecule has 4 rings (SSSR count). The van der Waals surface area contributed by atoms with Crippen LogP contribution in [0, 0.1) is 5.82 Å². The predicted octanol–water partition coefficient (Wildman–Crippen LogP) is 4.92. The van der Waals surface area contributed by atoms with Gasteiger partial charge >= 0.3 is 0 Å². The number of para-hydroxylation sites is 1. The predicted molar refractivity (Wildman–Crippen MR) is 98.8 cm³/mol. The van der Waals surface area contributed by atoms with Crippen LogP contribution in [-0.4, -0.2) is 32.0 Å². The molecule has 0 aliphatic carbocycles. The average molecular weight is 396 g/mol. The van der Waals surface area contributed by atoms with Crippen molar-refractivity contribution in [2.75, 3.05) is 0 Å². The molecule has 0 fully saturated rings. The van der Waals surface area contributed by atoms with Crippen LogP contribution in [0.3, 0.4) is 0 Å². The van der Waals surface area contributed by atoms with Crippen LogP contribution in [0.15, 0.2) is 53.5 Å². The zero-order valence-electron chi connectivity index (χ0n) is 13.3. The molecule has 26 heavy (non-hydrogen) atoms. The Kier molecular flexibility index (Phi) is 4.67. The molecule has 3 nitrogen and oxygen atoms in total. The number of alkyl halides is 3. The lowest BCUT2D eigenvalue weighted by Crippen LogP contribution is -2.20. The van der Waals surface area contributed by atoms with E-state index in [1.165, 1.54) is 6.07 Å². The van der Waals surface area contributed by atoms with E-state index in [1.54, 1.807) is 22.9 Å². The molecule has 0 radical (unpaired) electrons. The van der Waals surface area contributed by atoms with Crippen LogP contribution < -0.4 is 0 Å². The summed E-state index contributed by atoms with van der Waals surface area (Å²) >= 11 is 7.09. The molecule has 1 aromatic heterocycles. The standard InChI is InChI=1S/C18H13ClF3N3S/c19-16-15(17(21)22)23-18(26-16)14-11-6-2-4-8-13(11)25(24-14)9-10-5-1-3-7-12(10)20/h1-8,15-17H,9H2. The van der Waals surface area contributed by atoms with Gasteiger partial charge in [-0.05, 0) is 12.1 Å². The maximum Gasteiger partial charge on any atom is 0.262 e. The number of hydrogen-bond donors (Lipinski definition) is 0. The normalized spacial score (nSPS) is 20.1. The third-order valence-corrected chi connectivity index (χ3v) is 5.71. The molecule has 2 unspecified atom stereocenters. The zero-order valence-corrected chi connectivity index (χ0v) is 14.9. The molecular formula is C18H13ClF3N3S. The first-order valence-electron chi connectivity index (χ1n) is 7.90. The van der Waals surface area contributed by atoms with Gasteiger partial charge in [-0.3, -0.25) is 9.67 Å². The second kappa shape index (κ2) is 6.96. The van der Waals surface area contributed by atoms with Crippen molar-refractivity contribution in [3.8, 4) is 0 Å². The fraction of sp³-hybridized carbons (Fsp3) is 0.222. The molecule has 1 aliphatic rings. The van der Waals surface area contributed by atoms with Crippen molar-refractivity contribution in [1.29, 1.82) is 0 Å². The van der Waals surface area contributed by atoms with Gasteiger partial charge in [0.05, 0.1) is 12.1 Å². The van der Waals surface area contributed by atoms with Gasteiger partial charge in [-0.15, -0.1) is 11.6 Å². The Morgan fingerprint density at radius 2 is 1.85 bits per heavy atom. The van der Waals surface area contributed by atoms with E-state index in [0.29, 0.717) is 16.3 Å². The minimum atomic E-state index is -2.63. The maximum atomic E-state index is 14.0. The lowest BCUT2D eigenvalue weighted by Gasteiger charge is -2.07. The summed E-state index contributed by atoms with van der Waals surface area (Å²) in [5.74, 6) is -0.320. The second-order valence-corrected chi connectivity index (χ2v) is 7.70. The number of rotatable bonds is 4. The van der Waals surface area contributed by atoms with Crippen LogP contribution in [0.2, 0.25) is 0 Å². The van der Waals surface area contributed by atoms with Gasteiger partial charge in [0.15, 0.2) is 0 Å². The van der Waals surface area contributed by atoms with Crippen molar-refractivity contribution in [2.24, 2.45) is 4.99 Å². The molecule has 0 saturated carbocycles. The molecule has 0 N–H and O–H groups in total. The van der Waals surface area contributed by atoms with Crippen molar-refractivity contribution in [1.82, 2.24) is 9.78 Å². The first-order chi connectivity index (χ1) is 12.5. The molecule has 134 valence electrons. The van der Waals surface area contributed by atoms with E-state index >= 15 is 0 Å². The van der Waals surface area contributed by atoms with Gasteiger partial charge in [0.2, 0.25) is 0 Å². The molecule has 2 atom stereocenters. The summed E-state index contributed by atoms with van der Waals surface area (Å²) in [6, 6.07) is 12.6. The summed E-state index contributed by atoms with van der Waals surface area (Å²) < 4.78 is 40.9. The molecule has 0 spiro atoms. The quantitative estimate of drug-likeness (QED) is 0.587. The van der Waals surface area contributed by atoms with Crippen LogP contribution in [0.1, 0.15) is 11.3 Å². The molecule has 2 aromatic carbocycles. The third-order valence-electron chi connectivity index (χ3n) is 4.16. The van der Waals surface area contributed by atoms with Crippen molar-refractivity contribution in [3.63, 3.8) is 0 Å². The van der Waals surface area contributed by atoms with E-state index in [2.05, 4.69) is 10.1 Å². The molecule has 0 bridgehead atoms.